The van der Waals surface area contributed by atoms with Crippen molar-refractivity contribution >= 4 is 33.7 Å². The first-order valence-electron chi connectivity index (χ1n) is 4.84. The van der Waals surface area contributed by atoms with E-state index in [0.717, 1.165) is 4.88 Å². The lowest BCUT2D eigenvalue weighted by Crippen LogP contribution is -2.27. The topological polar surface area (TPSA) is 64.9 Å². The monoisotopic (exact) mass is 263 g/mol. The Hall–Kier alpha value is -1.84. The predicted octanol–water partition coefficient (Wildman–Crippen LogP) is 3.00. The van der Waals surface area contributed by atoms with E-state index in [-0.39, 0.29) is 6.03 Å². The molecule has 4 nitrogen and oxygen atoms in total. The summed E-state index contributed by atoms with van der Waals surface area (Å²) in [4.78, 5) is 12.6. The highest BCUT2D eigenvalue weighted by atomic mass is 32.1. The number of nitriles is 1. The van der Waals surface area contributed by atoms with Crippen molar-refractivity contribution in [3.05, 3.63) is 39.4 Å². The van der Waals surface area contributed by atoms with E-state index in [4.69, 9.17) is 5.26 Å². The molecule has 0 aliphatic carbocycles. The Morgan fingerprint density at radius 2 is 2.24 bits per heavy atom. The lowest BCUT2D eigenvalue weighted by Gasteiger charge is -2.04. The van der Waals surface area contributed by atoms with Crippen molar-refractivity contribution in [1.29, 1.82) is 5.26 Å². The van der Waals surface area contributed by atoms with E-state index in [9.17, 15) is 4.79 Å². The summed E-state index contributed by atoms with van der Waals surface area (Å²) in [5.74, 6) is 0. The maximum absolute atomic E-state index is 11.6. The molecule has 0 aromatic carbocycles. The molecule has 2 heterocycles. The van der Waals surface area contributed by atoms with Gasteiger partial charge in [0, 0.05) is 4.88 Å². The normalized spacial score (nSPS) is 9.59. The lowest BCUT2D eigenvalue weighted by atomic mass is 10.3. The summed E-state index contributed by atoms with van der Waals surface area (Å²) < 4.78 is 0. The number of nitrogens with zero attached hydrogens (tertiary/aromatic N) is 1. The van der Waals surface area contributed by atoms with Gasteiger partial charge in [0.1, 0.15) is 11.1 Å². The highest BCUT2D eigenvalue weighted by Gasteiger charge is 2.07. The second-order valence-corrected chi connectivity index (χ2v) is 5.11. The SMILES string of the molecule is N#Cc1ccsc1NC(=O)NCc1cccs1. The van der Waals surface area contributed by atoms with Gasteiger partial charge in [-0.3, -0.25) is 5.32 Å². The minimum absolute atomic E-state index is 0.294. The van der Waals surface area contributed by atoms with E-state index < -0.39 is 0 Å². The summed E-state index contributed by atoms with van der Waals surface area (Å²) >= 11 is 2.92. The Kier molecular flexibility index (Phi) is 3.75. The van der Waals surface area contributed by atoms with Crippen LogP contribution in [0.5, 0.6) is 0 Å². The zero-order valence-corrected chi connectivity index (χ0v) is 10.4. The van der Waals surface area contributed by atoms with Gasteiger partial charge < -0.3 is 5.32 Å². The van der Waals surface area contributed by atoms with Gasteiger partial charge in [0.15, 0.2) is 0 Å². The molecule has 0 aliphatic rings. The van der Waals surface area contributed by atoms with Crippen LogP contribution in [-0.4, -0.2) is 6.03 Å². The number of hydrogen-bond acceptors (Lipinski definition) is 4. The van der Waals surface area contributed by atoms with Crippen molar-refractivity contribution in [2.45, 2.75) is 6.54 Å². The molecule has 0 unspecified atom stereocenters. The van der Waals surface area contributed by atoms with Gasteiger partial charge in [0.05, 0.1) is 12.1 Å². The van der Waals surface area contributed by atoms with Crippen molar-refractivity contribution in [2.24, 2.45) is 0 Å². The Bertz CT molecular complexity index is 539. The Balaban J connectivity index is 1.88. The van der Waals surface area contributed by atoms with Crippen LogP contribution in [0.1, 0.15) is 10.4 Å². The Morgan fingerprint density at radius 1 is 1.35 bits per heavy atom. The van der Waals surface area contributed by atoms with E-state index in [1.54, 1.807) is 22.8 Å². The standard InChI is InChI=1S/C11H9N3OS2/c12-6-8-3-5-17-10(8)14-11(15)13-7-9-2-1-4-16-9/h1-5H,7H2,(H2,13,14,15). The van der Waals surface area contributed by atoms with E-state index in [1.807, 2.05) is 23.6 Å². The minimum atomic E-state index is -0.294. The number of thiophene rings is 2. The van der Waals surface area contributed by atoms with Crippen LogP contribution in [0.25, 0.3) is 0 Å². The third-order valence-electron chi connectivity index (χ3n) is 2.02. The second kappa shape index (κ2) is 5.48. The molecule has 86 valence electrons. The molecule has 2 rings (SSSR count). The van der Waals surface area contributed by atoms with Gasteiger partial charge >= 0.3 is 6.03 Å². The molecule has 0 fully saturated rings. The molecule has 0 radical (unpaired) electrons. The molecule has 0 saturated carbocycles. The van der Waals surface area contributed by atoms with Crippen LogP contribution in [0.2, 0.25) is 0 Å². The number of urea groups is 1. The van der Waals surface area contributed by atoms with Crippen LogP contribution in [-0.2, 0) is 6.54 Å². The number of hydrogen-bond donors (Lipinski definition) is 2. The first kappa shape index (κ1) is 11.6. The summed E-state index contributed by atoms with van der Waals surface area (Å²) in [5.41, 5.74) is 0.487. The summed E-state index contributed by atoms with van der Waals surface area (Å²) in [6.45, 7) is 0.497. The number of amides is 2. The third kappa shape index (κ3) is 3.06. The van der Waals surface area contributed by atoms with Crippen molar-refractivity contribution < 1.29 is 4.79 Å². The number of carbonyl (C=O) groups excluding carboxylic acids is 1. The predicted molar refractivity (Wildman–Crippen MR) is 69.2 cm³/mol. The molecular formula is C11H9N3OS2. The fourth-order valence-corrected chi connectivity index (χ4v) is 2.60. The van der Waals surface area contributed by atoms with Gasteiger partial charge in [-0.25, -0.2) is 4.79 Å². The largest absolute Gasteiger partial charge is 0.333 e. The fraction of sp³-hybridized carbons (Fsp3) is 0.0909. The molecule has 0 atom stereocenters. The van der Waals surface area contributed by atoms with Crippen molar-refractivity contribution in [1.82, 2.24) is 5.32 Å². The smallest absolute Gasteiger partial charge is 0.320 e. The number of anilines is 1. The van der Waals surface area contributed by atoms with Crippen LogP contribution in [0.15, 0.2) is 29.0 Å². The van der Waals surface area contributed by atoms with Crippen LogP contribution >= 0.6 is 22.7 Å². The van der Waals surface area contributed by atoms with Crippen LogP contribution in [0, 0.1) is 11.3 Å². The quantitative estimate of drug-likeness (QED) is 0.894. The number of rotatable bonds is 3. The van der Waals surface area contributed by atoms with Gasteiger partial charge in [-0.15, -0.1) is 22.7 Å². The summed E-state index contributed by atoms with van der Waals surface area (Å²) in [6.07, 6.45) is 0. The average molecular weight is 263 g/mol. The Labute approximate surface area is 107 Å². The van der Waals surface area contributed by atoms with E-state index >= 15 is 0 Å². The maximum atomic E-state index is 11.6. The van der Waals surface area contributed by atoms with Gasteiger partial charge in [0.25, 0.3) is 0 Å². The molecule has 6 heteroatoms. The van der Waals surface area contributed by atoms with Gasteiger partial charge in [-0.05, 0) is 22.9 Å². The average Bonchev–Trinajstić information content (AvgIpc) is 2.97. The molecule has 2 amide bonds. The first-order chi connectivity index (χ1) is 8.29. The zero-order chi connectivity index (χ0) is 12.1. The van der Waals surface area contributed by atoms with Crippen LogP contribution < -0.4 is 10.6 Å². The van der Waals surface area contributed by atoms with E-state index in [1.165, 1.54) is 11.3 Å². The number of nitrogens with one attached hydrogen (secondary N) is 2. The molecule has 2 N–H and O–H groups in total. The summed E-state index contributed by atoms with van der Waals surface area (Å²) in [6, 6.07) is 7.30. The van der Waals surface area contributed by atoms with Gasteiger partial charge in [-0.2, -0.15) is 5.26 Å². The molecule has 2 aromatic rings. The van der Waals surface area contributed by atoms with Crippen molar-refractivity contribution in [3.8, 4) is 6.07 Å². The fourth-order valence-electron chi connectivity index (χ4n) is 1.22. The van der Waals surface area contributed by atoms with E-state index in [0.29, 0.717) is 17.1 Å². The summed E-state index contributed by atoms with van der Waals surface area (Å²) in [5, 5.41) is 18.5. The molecule has 0 bridgehead atoms. The molecule has 0 saturated heterocycles. The molecule has 17 heavy (non-hydrogen) atoms. The maximum Gasteiger partial charge on any atom is 0.320 e. The first-order valence-corrected chi connectivity index (χ1v) is 6.60. The number of carbonyl (C=O) groups is 1. The Morgan fingerprint density at radius 3 is 2.94 bits per heavy atom. The summed E-state index contributed by atoms with van der Waals surface area (Å²) in [7, 11) is 0. The minimum Gasteiger partial charge on any atom is -0.333 e. The molecule has 0 spiro atoms. The third-order valence-corrected chi connectivity index (χ3v) is 3.72. The van der Waals surface area contributed by atoms with Gasteiger partial charge in [0.2, 0.25) is 0 Å². The molecule has 0 aliphatic heterocycles. The highest BCUT2D eigenvalue weighted by Crippen LogP contribution is 2.21. The van der Waals surface area contributed by atoms with Crippen LogP contribution in [0.4, 0.5) is 9.80 Å². The zero-order valence-electron chi connectivity index (χ0n) is 8.77. The van der Waals surface area contributed by atoms with Gasteiger partial charge in [-0.1, -0.05) is 6.07 Å². The van der Waals surface area contributed by atoms with Crippen molar-refractivity contribution in [2.75, 3.05) is 5.32 Å². The van der Waals surface area contributed by atoms with E-state index in [2.05, 4.69) is 10.6 Å². The second-order valence-electron chi connectivity index (χ2n) is 3.16. The highest BCUT2D eigenvalue weighted by molar-refractivity contribution is 7.14. The molecule has 2 aromatic heterocycles. The molecular weight excluding hydrogens is 254 g/mol. The lowest BCUT2D eigenvalue weighted by molar-refractivity contribution is 0.252. The van der Waals surface area contributed by atoms with Crippen LogP contribution in [0.3, 0.4) is 0 Å². The van der Waals surface area contributed by atoms with Crippen molar-refractivity contribution in [3.63, 3.8) is 0 Å².